The first kappa shape index (κ1) is 24.8. The van der Waals surface area contributed by atoms with Crippen molar-refractivity contribution in [3.8, 4) is 5.75 Å². The summed E-state index contributed by atoms with van der Waals surface area (Å²) in [4.78, 5) is 7.96. The van der Waals surface area contributed by atoms with Crippen molar-refractivity contribution >= 4 is 41.4 Å². The molecule has 0 fully saturated rings. The lowest BCUT2D eigenvalue weighted by Crippen LogP contribution is -2.23. The number of nitrogens with zero attached hydrogens (tertiary/aromatic N) is 2. The molecule has 0 aliphatic carbocycles. The lowest BCUT2D eigenvalue weighted by Gasteiger charge is -2.11. The van der Waals surface area contributed by atoms with E-state index in [-0.39, 0.29) is 36.0 Å². The second-order valence-corrected chi connectivity index (χ2v) is 6.29. The number of ether oxygens (including phenoxy) is 1. The second-order valence-electron chi connectivity index (χ2n) is 6.29. The molecule has 2 rings (SSSR count). The molecular formula is C19H25F3IN5O. The van der Waals surface area contributed by atoms with E-state index in [0.29, 0.717) is 25.3 Å². The molecule has 0 saturated carbocycles. The van der Waals surface area contributed by atoms with Gasteiger partial charge in [0.2, 0.25) is 0 Å². The summed E-state index contributed by atoms with van der Waals surface area (Å²) in [6, 6.07) is 9.67. The first-order valence-corrected chi connectivity index (χ1v) is 8.85. The van der Waals surface area contributed by atoms with Crippen molar-refractivity contribution in [1.29, 1.82) is 0 Å². The number of guanidine groups is 1. The minimum Gasteiger partial charge on any atom is -0.491 e. The lowest BCUT2D eigenvalue weighted by molar-refractivity contribution is -0.137. The molecule has 6 nitrogen and oxygen atoms in total. The van der Waals surface area contributed by atoms with Gasteiger partial charge in [0, 0.05) is 25.0 Å². The topological polar surface area (TPSA) is 84.6 Å². The number of hydrogen-bond donors (Lipinski definition) is 3. The second kappa shape index (κ2) is 11.7. The van der Waals surface area contributed by atoms with E-state index < -0.39 is 11.7 Å². The van der Waals surface area contributed by atoms with Gasteiger partial charge in [0.25, 0.3) is 0 Å². The molecular weight excluding hydrogens is 498 g/mol. The summed E-state index contributed by atoms with van der Waals surface area (Å²) in [5.74, 6) is 1.44. The van der Waals surface area contributed by atoms with E-state index >= 15 is 0 Å². The molecule has 4 N–H and O–H groups in total. The zero-order valence-corrected chi connectivity index (χ0v) is 18.5. The van der Waals surface area contributed by atoms with E-state index in [1.807, 2.05) is 38.1 Å². The Labute approximate surface area is 185 Å². The number of aromatic nitrogens is 1. The maximum atomic E-state index is 12.5. The van der Waals surface area contributed by atoms with Crippen LogP contribution in [0.5, 0.6) is 5.75 Å². The van der Waals surface area contributed by atoms with Gasteiger partial charge < -0.3 is 21.1 Å². The number of pyridine rings is 1. The zero-order valence-electron chi connectivity index (χ0n) is 16.2. The van der Waals surface area contributed by atoms with E-state index in [9.17, 15) is 13.2 Å². The average molecular weight is 523 g/mol. The number of anilines is 2. The Morgan fingerprint density at radius 3 is 2.41 bits per heavy atom. The van der Waals surface area contributed by atoms with Gasteiger partial charge in [-0.05, 0) is 56.7 Å². The number of aliphatic imine (C=N–C) groups is 1. The van der Waals surface area contributed by atoms with Gasteiger partial charge in [-0.3, -0.25) is 4.99 Å². The third kappa shape index (κ3) is 9.20. The van der Waals surface area contributed by atoms with Crippen molar-refractivity contribution < 1.29 is 17.9 Å². The quantitative estimate of drug-likeness (QED) is 0.202. The average Bonchev–Trinajstić information content (AvgIpc) is 2.62. The molecule has 0 bridgehead atoms. The van der Waals surface area contributed by atoms with Crippen LogP contribution >= 0.6 is 24.0 Å². The minimum absolute atomic E-state index is 0. The summed E-state index contributed by atoms with van der Waals surface area (Å²) < 4.78 is 43.0. The number of benzene rings is 1. The normalized spacial score (nSPS) is 11.7. The van der Waals surface area contributed by atoms with Crippen molar-refractivity contribution in [1.82, 2.24) is 4.98 Å². The van der Waals surface area contributed by atoms with E-state index in [0.717, 1.165) is 23.7 Å². The Morgan fingerprint density at radius 1 is 1.17 bits per heavy atom. The molecule has 0 unspecified atom stereocenters. The summed E-state index contributed by atoms with van der Waals surface area (Å²) >= 11 is 0. The molecule has 0 spiro atoms. The summed E-state index contributed by atoms with van der Waals surface area (Å²) in [5, 5.41) is 5.93. The Kier molecular flexibility index (Phi) is 9.99. The number of rotatable bonds is 8. The lowest BCUT2D eigenvalue weighted by atomic mass is 10.3. The van der Waals surface area contributed by atoms with Gasteiger partial charge in [-0.1, -0.05) is 0 Å². The van der Waals surface area contributed by atoms with Crippen LogP contribution in [0.4, 0.5) is 24.7 Å². The molecule has 0 radical (unpaired) electrons. The van der Waals surface area contributed by atoms with Crippen LogP contribution < -0.4 is 21.1 Å². The van der Waals surface area contributed by atoms with Crippen molar-refractivity contribution in [3.63, 3.8) is 0 Å². The van der Waals surface area contributed by atoms with Gasteiger partial charge in [0.1, 0.15) is 11.6 Å². The molecule has 0 saturated heterocycles. The molecule has 1 aromatic heterocycles. The number of alkyl halides is 3. The minimum atomic E-state index is -4.38. The highest BCUT2D eigenvalue weighted by Gasteiger charge is 2.30. The van der Waals surface area contributed by atoms with Gasteiger partial charge in [-0.25, -0.2) is 4.98 Å². The SMILES string of the molecule is CC(C)Oc1ccc(NC(N)=NCCCNc2ccc(C(F)(F)F)cn2)cc1.I. The highest BCUT2D eigenvalue weighted by Crippen LogP contribution is 2.28. The monoisotopic (exact) mass is 523 g/mol. The Balaban J connectivity index is 0.00000420. The maximum absolute atomic E-state index is 12.5. The molecule has 2 aromatic rings. The van der Waals surface area contributed by atoms with Gasteiger partial charge in [-0.15, -0.1) is 24.0 Å². The van der Waals surface area contributed by atoms with Crippen molar-refractivity contribution in [2.24, 2.45) is 10.7 Å². The van der Waals surface area contributed by atoms with Crippen molar-refractivity contribution in [2.75, 3.05) is 23.7 Å². The zero-order chi connectivity index (χ0) is 20.6. The molecule has 160 valence electrons. The molecule has 0 aliphatic rings. The van der Waals surface area contributed by atoms with Gasteiger partial charge in [0.15, 0.2) is 5.96 Å². The van der Waals surface area contributed by atoms with Crippen LogP contribution in [-0.2, 0) is 6.18 Å². The number of halogens is 4. The van der Waals surface area contributed by atoms with Crippen LogP contribution in [-0.4, -0.2) is 30.1 Å². The van der Waals surface area contributed by atoms with E-state index in [1.165, 1.54) is 6.07 Å². The molecule has 0 atom stereocenters. The smallest absolute Gasteiger partial charge is 0.417 e. The molecule has 10 heteroatoms. The van der Waals surface area contributed by atoms with Crippen LogP contribution in [0.1, 0.15) is 25.8 Å². The van der Waals surface area contributed by atoms with Crippen LogP contribution in [0.2, 0.25) is 0 Å². The third-order valence-electron chi connectivity index (χ3n) is 3.51. The standard InChI is InChI=1S/C19H24F3N5O.HI/c1-13(2)28-16-7-5-15(6-8-16)27-18(23)25-11-3-10-24-17-9-4-14(12-26-17)19(20,21)22;/h4-9,12-13H,3,10-11H2,1-2H3,(H,24,26)(H3,23,25,27);1H. The summed E-state index contributed by atoms with van der Waals surface area (Å²) in [7, 11) is 0. The van der Waals surface area contributed by atoms with Crippen molar-refractivity contribution in [3.05, 3.63) is 48.2 Å². The number of nitrogens with one attached hydrogen (secondary N) is 2. The predicted molar refractivity (Wildman–Crippen MR) is 120 cm³/mol. The van der Waals surface area contributed by atoms with Crippen LogP contribution in [0.15, 0.2) is 47.6 Å². The van der Waals surface area contributed by atoms with Gasteiger partial charge in [0.05, 0.1) is 11.7 Å². The van der Waals surface area contributed by atoms with Gasteiger partial charge >= 0.3 is 6.18 Å². The fourth-order valence-corrected chi connectivity index (χ4v) is 2.24. The van der Waals surface area contributed by atoms with Crippen LogP contribution in [0.3, 0.4) is 0 Å². The number of nitrogens with two attached hydrogens (primary N) is 1. The molecule has 0 aliphatic heterocycles. The molecule has 1 aromatic carbocycles. The first-order chi connectivity index (χ1) is 13.2. The Hall–Kier alpha value is -2.24. The van der Waals surface area contributed by atoms with Crippen LogP contribution in [0, 0.1) is 0 Å². The molecule has 1 heterocycles. The van der Waals surface area contributed by atoms with Crippen LogP contribution in [0.25, 0.3) is 0 Å². The largest absolute Gasteiger partial charge is 0.491 e. The third-order valence-corrected chi connectivity index (χ3v) is 3.51. The summed E-state index contributed by atoms with van der Waals surface area (Å²) in [6.07, 6.45) is -2.82. The fourth-order valence-electron chi connectivity index (χ4n) is 2.24. The van der Waals surface area contributed by atoms with Crippen molar-refractivity contribution in [2.45, 2.75) is 32.5 Å². The molecule has 0 amide bonds. The summed E-state index contributed by atoms with van der Waals surface area (Å²) in [6.45, 7) is 4.88. The van der Waals surface area contributed by atoms with E-state index in [4.69, 9.17) is 10.5 Å². The summed E-state index contributed by atoms with van der Waals surface area (Å²) in [5.41, 5.74) is 5.87. The van der Waals surface area contributed by atoms with E-state index in [1.54, 1.807) is 0 Å². The van der Waals surface area contributed by atoms with Gasteiger partial charge in [-0.2, -0.15) is 13.2 Å². The highest BCUT2D eigenvalue weighted by molar-refractivity contribution is 14.0. The highest BCUT2D eigenvalue weighted by atomic mass is 127. The predicted octanol–water partition coefficient (Wildman–Crippen LogP) is 4.73. The fraction of sp³-hybridized carbons (Fsp3) is 0.368. The Morgan fingerprint density at radius 2 is 1.86 bits per heavy atom. The Bertz CT molecular complexity index is 765. The first-order valence-electron chi connectivity index (χ1n) is 8.85. The number of hydrogen-bond acceptors (Lipinski definition) is 4. The molecule has 29 heavy (non-hydrogen) atoms. The maximum Gasteiger partial charge on any atom is 0.417 e. The van der Waals surface area contributed by atoms with E-state index in [2.05, 4.69) is 20.6 Å².